The average Bonchev–Trinajstić information content (AvgIpc) is 2.64. The zero-order valence-electron chi connectivity index (χ0n) is 10.9. The van der Waals surface area contributed by atoms with E-state index < -0.39 is 12.0 Å². The smallest absolute Gasteiger partial charge is 0.247 e. The van der Waals surface area contributed by atoms with E-state index >= 15 is 0 Å². The van der Waals surface area contributed by atoms with Crippen LogP contribution in [0.5, 0.6) is 11.5 Å². The summed E-state index contributed by atoms with van der Waals surface area (Å²) in [5.41, 5.74) is 5.93. The minimum Gasteiger partial charge on any atom is -0.490 e. The van der Waals surface area contributed by atoms with Crippen molar-refractivity contribution in [2.24, 2.45) is 5.73 Å². The second-order valence-electron chi connectivity index (χ2n) is 4.50. The number of benzene rings is 1. The first-order valence-electron chi connectivity index (χ1n) is 6.34. The molecule has 1 amide bonds. The number of nitrogens with two attached hydrogens (primary N) is 1. The lowest BCUT2D eigenvalue weighted by Crippen LogP contribution is -2.37. The van der Waals surface area contributed by atoms with Crippen molar-refractivity contribution >= 4 is 21.8 Å². The zero-order valence-corrected chi connectivity index (χ0v) is 12.5. The van der Waals surface area contributed by atoms with Gasteiger partial charge in [-0.15, -0.1) is 0 Å². The van der Waals surface area contributed by atoms with Crippen molar-refractivity contribution in [3.63, 3.8) is 0 Å². The molecular formula is C13H17BrN2O4. The molecular weight excluding hydrogens is 328 g/mol. The lowest BCUT2D eigenvalue weighted by Gasteiger charge is -2.13. The molecule has 0 radical (unpaired) electrons. The predicted molar refractivity (Wildman–Crippen MR) is 76.7 cm³/mol. The normalized spacial score (nSPS) is 15.5. The molecule has 1 atom stereocenters. The van der Waals surface area contributed by atoms with E-state index in [0.717, 1.165) is 16.5 Å². The lowest BCUT2D eigenvalue weighted by atomic mass is 10.2. The molecule has 1 aliphatic heterocycles. The van der Waals surface area contributed by atoms with Gasteiger partial charge in [-0.3, -0.25) is 4.79 Å². The van der Waals surface area contributed by atoms with Gasteiger partial charge < -0.3 is 25.6 Å². The summed E-state index contributed by atoms with van der Waals surface area (Å²) in [6, 6.07) is 3.80. The number of nitrogens with one attached hydrogen (secondary N) is 1. The molecule has 0 bridgehead atoms. The highest BCUT2D eigenvalue weighted by Crippen LogP contribution is 2.38. The third-order valence-corrected chi connectivity index (χ3v) is 3.45. The highest BCUT2D eigenvalue weighted by Gasteiger charge is 2.15. The number of amides is 1. The summed E-state index contributed by atoms with van der Waals surface area (Å²) < 4.78 is 12.1. The first kappa shape index (κ1) is 15.1. The maximum Gasteiger partial charge on any atom is 0.247 e. The third kappa shape index (κ3) is 3.84. The highest BCUT2D eigenvalue weighted by molar-refractivity contribution is 9.10. The Morgan fingerprint density at radius 3 is 2.95 bits per heavy atom. The van der Waals surface area contributed by atoms with Crippen LogP contribution in [-0.4, -0.2) is 36.9 Å². The van der Waals surface area contributed by atoms with Crippen LogP contribution < -0.4 is 20.5 Å². The summed E-state index contributed by atoms with van der Waals surface area (Å²) >= 11 is 3.46. The Hall–Kier alpha value is -1.31. The molecule has 6 nitrogen and oxygen atoms in total. The predicted octanol–water partition coefficient (Wildman–Crippen LogP) is 0.546. The van der Waals surface area contributed by atoms with Crippen molar-refractivity contribution < 1.29 is 19.4 Å². The van der Waals surface area contributed by atoms with Crippen LogP contribution >= 0.6 is 15.9 Å². The Labute approximate surface area is 125 Å². The van der Waals surface area contributed by atoms with Crippen molar-refractivity contribution in [1.82, 2.24) is 5.32 Å². The number of aliphatic hydroxyl groups is 1. The molecule has 0 aliphatic carbocycles. The first-order chi connectivity index (χ1) is 9.58. The fourth-order valence-corrected chi connectivity index (χ4v) is 2.44. The summed E-state index contributed by atoms with van der Waals surface area (Å²) in [5.74, 6) is 0.671. The second-order valence-corrected chi connectivity index (χ2v) is 5.36. The number of carbonyl (C=O) groups excluding carboxylic acids is 1. The summed E-state index contributed by atoms with van der Waals surface area (Å²) in [6.45, 7) is 1.85. The Balaban J connectivity index is 2.01. The van der Waals surface area contributed by atoms with Crippen molar-refractivity contribution in [3.8, 4) is 11.5 Å². The SMILES string of the molecule is NC(=O)C(O)CNCc1cc(Br)c2c(c1)OCCCO2. The Morgan fingerprint density at radius 1 is 1.45 bits per heavy atom. The van der Waals surface area contributed by atoms with Crippen molar-refractivity contribution in [2.75, 3.05) is 19.8 Å². The number of ether oxygens (including phenoxy) is 2. The molecule has 1 aliphatic rings. The number of rotatable bonds is 5. The number of hydrogen-bond acceptors (Lipinski definition) is 5. The highest BCUT2D eigenvalue weighted by atomic mass is 79.9. The van der Waals surface area contributed by atoms with E-state index in [-0.39, 0.29) is 6.54 Å². The molecule has 4 N–H and O–H groups in total. The molecule has 0 spiro atoms. The Bertz CT molecular complexity index is 496. The van der Waals surface area contributed by atoms with E-state index in [1.807, 2.05) is 12.1 Å². The number of hydrogen-bond donors (Lipinski definition) is 3. The van der Waals surface area contributed by atoms with Crippen LogP contribution in [0.4, 0.5) is 0 Å². The van der Waals surface area contributed by atoms with Gasteiger partial charge in [0, 0.05) is 19.5 Å². The van der Waals surface area contributed by atoms with Crippen LogP contribution in [0.3, 0.4) is 0 Å². The van der Waals surface area contributed by atoms with Gasteiger partial charge in [0.05, 0.1) is 17.7 Å². The number of primary amides is 1. The van der Waals surface area contributed by atoms with Crippen LogP contribution in [0.1, 0.15) is 12.0 Å². The molecule has 1 aromatic rings. The van der Waals surface area contributed by atoms with E-state index in [9.17, 15) is 9.90 Å². The molecule has 1 aromatic carbocycles. The fourth-order valence-electron chi connectivity index (χ4n) is 1.84. The number of carbonyl (C=O) groups is 1. The molecule has 7 heteroatoms. The molecule has 20 heavy (non-hydrogen) atoms. The molecule has 0 aromatic heterocycles. The standard InChI is InChI=1S/C13H17BrN2O4/c14-9-4-8(6-16-7-10(17)13(15)18)5-11-12(9)20-3-1-2-19-11/h4-5,10,16-17H,1-3,6-7H2,(H2,15,18). The maximum absolute atomic E-state index is 10.7. The second kappa shape index (κ2) is 6.92. The van der Waals surface area contributed by atoms with Gasteiger partial charge in [0.2, 0.25) is 5.91 Å². The molecule has 0 saturated heterocycles. The van der Waals surface area contributed by atoms with Crippen molar-refractivity contribution in [3.05, 3.63) is 22.2 Å². The minimum absolute atomic E-state index is 0.112. The number of aliphatic hydroxyl groups excluding tert-OH is 1. The molecule has 1 heterocycles. The van der Waals surface area contributed by atoms with Crippen LogP contribution in [-0.2, 0) is 11.3 Å². The summed E-state index contributed by atoms with van der Waals surface area (Å²) in [4.78, 5) is 10.7. The molecule has 0 saturated carbocycles. The quantitative estimate of drug-likeness (QED) is 0.725. The van der Waals surface area contributed by atoms with Gasteiger partial charge in [0.25, 0.3) is 0 Å². The topological polar surface area (TPSA) is 93.8 Å². The summed E-state index contributed by atoms with van der Waals surface area (Å²) in [7, 11) is 0. The van der Waals surface area contributed by atoms with Crippen LogP contribution in [0, 0.1) is 0 Å². The zero-order chi connectivity index (χ0) is 14.5. The maximum atomic E-state index is 10.7. The number of halogens is 1. The summed E-state index contributed by atoms with van der Waals surface area (Å²) in [5, 5.41) is 12.3. The van der Waals surface area contributed by atoms with Gasteiger partial charge in [-0.2, -0.15) is 0 Å². The van der Waals surface area contributed by atoms with Gasteiger partial charge in [0.15, 0.2) is 11.5 Å². The molecule has 110 valence electrons. The Kier molecular flexibility index (Phi) is 5.22. The van der Waals surface area contributed by atoms with Crippen LogP contribution in [0.2, 0.25) is 0 Å². The third-order valence-electron chi connectivity index (χ3n) is 2.86. The van der Waals surface area contributed by atoms with Crippen molar-refractivity contribution in [2.45, 2.75) is 19.1 Å². The minimum atomic E-state index is -1.18. The van der Waals surface area contributed by atoms with Gasteiger partial charge in [-0.1, -0.05) is 0 Å². The molecule has 1 unspecified atom stereocenters. The average molecular weight is 345 g/mol. The van der Waals surface area contributed by atoms with Crippen molar-refractivity contribution in [1.29, 1.82) is 0 Å². The van der Waals surface area contributed by atoms with Gasteiger partial charge in [0.1, 0.15) is 6.10 Å². The van der Waals surface area contributed by atoms with E-state index in [2.05, 4.69) is 21.2 Å². The van der Waals surface area contributed by atoms with Gasteiger partial charge in [-0.25, -0.2) is 0 Å². The number of fused-ring (bicyclic) bond motifs is 1. The van der Waals surface area contributed by atoms with E-state index in [1.54, 1.807) is 0 Å². The van der Waals surface area contributed by atoms with Crippen LogP contribution in [0.25, 0.3) is 0 Å². The Morgan fingerprint density at radius 2 is 2.20 bits per heavy atom. The summed E-state index contributed by atoms with van der Waals surface area (Å²) in [6.07, 6.45) is -0.335. The van der Waals surface area contributed by atoms with Gasteiger partial charge >= 0.3 is 0 Å². The molecule has 0 fully saturated rings. The van der Waals surface area contributed by atoms with Crippen LogP contribution in [0.15, 0.2) is 16.6 Å². The fraction of sp³-hybridized carbons (Fsp3) is 0.462. The van der Waals surface area contributed by atoms with Gasteiger partial charge in [-0.05, 0) is 33.6 Å². The lowest BCUT2D eigenvalue weighted by molar-refractivity contribution is -0.125. The molecule has 2 rings (SSSR count). The monoisotopic (exact) mass is 344 g/mol. The van der Waals surface area contributed by atoms with E-state index in [4.69, 9.17) is 15.2 Å². The first-order valence-corrected chi connectivity index (χ1v) is 7.13. The van der Waals surface area contributed by atoms with E-state index in [0.29, 0.717) is 31.3 Å². The largest absolute Gasteiger partial charge is 0.490 e. The van der Waals surface area contributed by atoms with E-state index in [1.165, 1.54) is 0 Å².